The van der Waals surface area contributed by atoms with Gasteiger partial charge in [0.05, 0.1) is 22.7 Å². The van der Waals surface area contributed by atoms with E-state index in [1.54, 1.807) is 0 Å². The number of hydrogen-bond donors (Lipinski definition) is 1. The smallest absolute Gasteiger partial charge is 0.0718 e. The number of para-hydroxylation sites is 1. The van der Waals surface area contributed by atoms with Crippen molar-refractivity contribution in [1.29, 1.82) is 0 Å². The molecule has 0 radical (unpaired) electrons. The van der Waals surface area contributed by atoms with Crippen LogP contribution in [0.25, 0.3) is 0 Å². The van der Waals surface area contributed by atoms with Crippen LogP contribution in [-0.2, 0) is 0 Å². The predicted molar refractivity (Wildman–Crippen MR) is 103 cm³/mol. The van der Waals surface area contributed by atoms with Crippen molar-refractivity contribution in [2.45, 2.75) is 6.92 Å². The molecule has 0 saturated heterocycles. The van der Waals surface area contributed by atoms with E-state index in [0.29, 0.717) is 0 Å². The first kappa shape index (κ1) is 14.6. The molecular weight excluding hydrogens is 294 g/mol. The summed E-state index contributed by atoms with van der Waals surface area (Å²) in [6.07, 6.45) is 0. The molecule has 0 atom stereocenters. The summed E-state index contributed by atoms with van der Waals surface area (Å²) in [5.41, 5.74) is 8.22. The molecule has 3 aromatic carbocycles. The molecule has 0 spiro atoms. The van der Waals surface area contributed by atoms with Gasteiger partial charge >= 0.3 is 0 Å². The quantitative estimate of drug-likeness (QED) is 0.520. The summed E-state index contributed by atoms with van der Waals surface area (Å²) in [6, 6.07) is 23.6. The average molecular weight is 315 g/mol. The van der Waals surface area contributed by atoms with E-state index in [1.807, 2.05) is 0 Å². The number of aryl methyl sites for hydroxylation is 1. The first-order valence-electron chi connectivity index (χ1n) is 8.18. The lowest BCUT2D eigenvalue weighted by Gasteiger charge is -2.35. The molecule has 1 aliphatic heterocycles. The Morgan fingerprint density at radius 2 is 1.58 bits per heavy atom. The van der Waals surface area contributed by atoms with Gasteiger partial charge in [0.25, 0.3) is 0 Å². The number of nitrogens with one attached hydrogen (secondary N) is 1. The molecule has 1 heterocycles. The van der Waals surface area contributed by atoms with Crippen molar-refractivity contribution in [1.82, 2.24) is 0 Å². The lowest BCUT2D eigenvalue weighted by molar-refractivity contribution is 1.13. The number of anilines is 6. The van der Waals surface area contributed by atoms with Crippen LogP contribution < -0.4 is 15.1 Å². The molecule has 0 unspecified atom stereocenters. The van der Waals surface area contributed by atoms with Crippen molar-refractivity contribution < 1.29 is 0 Å². The Labute approximate surface area is 143 Å². The molecule has 0 fully saturated rings. The number of benzene rings is 3. The number of rotatable bonds is 2. The Hall–Kier alpha value is -2.94. The van der Waals surface area contributed by atoms with E-state index < -0.39 is 0 Å². The van der Waals surface area contributed by atoms with Gasteiger partial charge in [-0.15, -0.1) is 0 Å². The minimum atomic E-state index is 1.13. The zero-order valence-electron chi connectivity index (χ0n) is 14.2. The Kier molecular flexibility index (Phi) is 3.42. The van der Waals surface area contributed by atoms with E-state index >= 15 is 0 Å². The highest BCUT2D eigenvalue weighted by Gasteiger charge is 2.24. The summed E-state index contributed by atoms with van der Waals surface area (Å²) in [4.78, 5) is 4.46. The van der Waals surface area contributed by atoms with Crippen molar-refractivity contribution >= 4 is 34.1 Å². The molecule has 3 heteroatoms. The number of hydrogen-bond acceptors (Lipinski definition) is 3. The van der Waals surface area contributed by atoms with Crippen LogP contribution in [0.1, 0.15) is 5.56 Å². The van der Waals surface area contributed by atoms with Crippen molar-refractivity contribution in [2.75, 3.05) is 29.2 Å². The maximum absolute atomic E-state index is 3.59. The number of nitrogens with zero attached hydrogens (tertiary/aromatic N) is 2. The summed E-state index contributed by atoms with van der Waals surface area (Å²) in [5, 5.41) is 3.59. The van der Waals surface area contributed by atoms with Crippen LogP contribution in [0.4, 0.5) is 34.1 Å². The van der Waals surface area contributed by atoms with Crippen molar-refractivity contribution in [3.8, 4) is 0 Å². The van der Waals surface area contributed by atoms with Crippen LogP contribution >= 0.6 is 0 Å². The van der Waals surface area contributed by atoms with Gasteiger partial charge in [0.15, 0.2) is 0 Å². The fourth-order valence-corrected chi connectivity index (χ4v) is 3.16. The lowest BCUT2D eigenvalue weighted by atomic mass is 10.1. The zero-order chi connectivity index (χ0) is 16.7. The Bertz CT molecular complexity index is 885. The molecule has 120 valence electrons. The maximum Gasteiger partial charge on any atom is 0.0718 e. The third-order valence-corrected chi connectivity index (χ3v) is 4.42. The Morgan fingerprint density at radius 3 is 2.33 bits per heavy atom. The second kappa shape index (κ2) is 5.60. The Balaban J connectivity index is 1.95. The van der Waals surface area contributed by atoms with E-state index in [-0.39, 0.29) is 0 Å². The van der Waals surface area contributed by atoms with Crippen LogP contribution in [0, 0.1) is 6.92 Å². The fourth-order valence-electron chi connectivity index (χ4n) is 3.16. The second-order valence-corrected chi connectivity index (χ2v) is 6.41. The minimum absolute atomic E-state index is 1.13. The molecule has 0 amide bonds. The molecule has 0 aromatic heterocycles. The van der Waals surface area contributed by atoms with Gasteiger partial charge < -0.3 is 15.1 Å². The highest BCUT2D eigenvalue weighted by Crippen LogP contribution is 2.48. The van der Waals surface area contributed by atoms with Gasteiger partial charge in [0.2, 0.25) is 0 Å². The average Bonchev–Trinajstić information content (AvgIpc) is 2.59. The van der Waals surface area contributed by atoms with E-state index in [0.717, 1.165) is 11.4 Å². The first-order valence-corrected chi connectivity index (χ1v) is 8.18. The predicted octanol–water partition coefficient (Wildman–Crippen LogP) is 5.59. The van der Waals surface area contributed by atoms with Crippen molar-refractivity contribution in [3.05, 3.63) is 72.3 Å². The molecule has 4 rings (SSSR count). The topological polar surface area (TPSA) is 18.5 Å². The molecule has 0 bridgehead atoms. The van der Waals surface area contributed by atoms with Gasteiger partial charge in [-0.25, -0.2) is 0 Å². The number of fused-ring (bicyclic) bond motifs is 2. The molecule has 3 nitrogen and oxygen atoms in total. The molecular formula is C21H21N3. The molecule has 3 aromatic rings. The SMILES string of the molecule is Cc1ccc2c(c1)Nc1ccc(N(C)C)cc1N2c1ccccc1. The summed E-state index contributed by atoms with van der Waals surface area (Å²) in [7, 11) is 4.14. The lowest BCUT2D eigenvalue weighted by Crippen LogP contribution is -2.19. The minimum Gasteiger partial charge on any atom is -0.378 e. The second-order valence-electron chi connectivity index (χ2n) is 6.41. The fraction of sp³-hybridized carbons (Fsp3) is 0.143. The van der Waals surface area contributed by atoms with E-state index in [2.05, 4.69) is 103 Å². The molecule has 1 N–H and O–H groups in total. The monoisotopic (exact) mass is 315 g/mol. The molecule has 1 aliphatic rings. The van der Waals surface area contributed by atoms with Crippen molar-refractivity contribution in [2.24, 2.45) is 0 Å². The van der Waals surface area contributed by atoms with E-state index in [1.165, 1.54) is 28.3 Å². The largest absolute Gasteiger partial charge is 0.378 e. The van der Waals surface area contributed by atoms with Gasteiger partial charge in [0, 0.05) is 25.5 Å². The van der Waals surface area contributed by atoms with E-state index in [4.69, 9.17) is 0 Å². The third kappa shape index (κ3) is 2.38. The zero-order valence-corrected chi connectivity index (χ0v) is 14.2. The summed E-state index contributed by atoms with van der Waals surface area (Å²) < 4.78 is 0. The normalized spacial score (nSPS) is 12.2. The third-order valence-electron chi connectivity index (χ3n) is 4.42. The van der Waals surface area contributed by atoms with Crippen LogP contribution in [0.15, 0.2) is 66.7 Å². The Morgan fingerprint density at radius 1 is 0.792 bits per heavy atom. The highest BCUT2D eigenvalue weighted by molar-refractivity contribution is 5.97. The highest BCUT2D eigenvalue weighted by atomic mass is 15.2. The van der Waals surface area contributed by atoms with E-state index in [9.17, 15) is 0 Å². The summed E-state index contributed by atoms with van der Waals surface area (Å²) in [5.74, 6) is 0. The molecule has 0 aliphatic carbocycles. The van der Waals surface area contributed by atoms with Crippen LogP contribution in [-0.4, -0.2) is 14.1 Å². The van der Waals surface area contributed by atoms with Gasteiger partial charge in [0.1, 0.15) is 0 Å². The van der Waals surface area contributed by atoms with Crippen LogP contribution in [0.3, 0.4) is 0 Å². The molecule has 0 saturated carbocycles. The van der Waals surface area contributed by atoms with Crippen LogP contribution in [0.5, 0.6) is 0 Å². The summed E-state index contributed by atoms with van der Waals surface area (Å²) >= 11 is 0. The molecule has 24 heavy (non-hydrogen) atoms. The van der Waals surface area contributed by atoms with Gasteiger partial charge in [-0.3, -0.25) is 0 Å². The van der Waals surface area contributed by atoms with Gasteiger partial charge in [-0.2, -0.15) is 0 Å². The van der Waals surface area contributed by atoms with Gasteiger partial charge in [-0.1, -0.05) is 24.3 Å². The van der Waals surface area contributed by atoms with Crippen LogP contribution in [0.2, 0.25) is 0 Å². The standard InChI is InChI=1S/C21H21N3/c1-15-9-12-20-19(13-15)22-18-11-10-17(23(2)3)14-21(18)24(20)16-7-5-4-6-8-16/h4-14,22H,1-3H3. The first-order chi connectivity index (χ1) is 11.6. The maximum atomic E-state index is 3.59. The summed E-state index contributed by atoms with van der Waals surface area (Å²) in [6.45, 7) is 2.12. The van der Waals surface area contributed by atoms with Crippen molar-refractivity contribution in [3.63, 3.8) is 0 Å². The van der Waals surface area contributed by atoms with Gasteiger partial charge in [-0.05, 0) is 55.0 Å².